The van der Waals surface area contributed by atoms with Crippen molar-refractivity contribution in [2.75, 3.05) is 20.8 Å². The van der Waals surface area contributed by atoms with Gasteiger partial charge in [-0.15, -0.1) is 0 Å². The largest absolute Gasteiger partial charge is 0.482 e. The summed E-state index contributed by atoms with van der Waals surface area (Å²) in [5.74, 6) is 0.366. The van der Waals surface area contributed by atoms with E-state index in [0.29, 0.717) is 12.2 Å². The van der Waals surface area contributed by atoms with Crippen LogP contribution in [-0.4, -0.2) is 40.7 Å². The van der Waals surface area contributed by atoms with Gasteiger partial charge in [-0.25, -0.2) is 4.79 Å². The summed E-state index contributed by atoms with van der Waals surface area (Å²) < 4.78 is 23.2. The summed E-state index contributed by atoms with van der Waals surface area (Å²) in [6.45, 7) is 13.4. The van der Waals surface area contributed by atoms with Crippen LogP contribution >= 0.6 is 0 Å². The van der Waals surface area contributed by atoms with Crippen LogP contribution in [0, 0.1) is 0 Å². The molecular formula is C19H30O5Si. The first kappa shape index (κ1) is 19.9. The normalized spacial score (nSPS) is 23.1. The predicted octanol–water partition coefficient (Wildman–Crippen LogP) is 4.33. The number of esters is 1. The second kappa shape index (κ2) is 6.74. The third-order valence-electron chi connectivity index (χ3n) is 5.26. The van der Waals surface area contributed by atoms with Crippen LogP contribution in [0.5, 0.6) is 5.75 Å². The van der Waals surface area contributed by atoms with E-state index >= 15 is 0 Å². The second-order valence-corrected chi connectivity index (χ2v) is 13.1. The Kier molecular flexibility index (Phi) is 5.38. The van der Waals surface area contributed by atoms with E-state index in [-0.39, 0.29) is 17.1 Å². The van der Waals surface area contributed by atoms with Crippen molar-refractivity contribution < 1.29 is 23.4 Å². The van der Waals surface area contributed by atoms with Crippen molar-refractivity contribution >= 4 is 14.3 Å². The van der Waals surface area contributed by atoms with Gasteiger partial charge in [0, 0.05) is 12.7 Å². The van der Waals surface area contributed by atoms with E-state index in [0.717, 1.165) is 11.3 Å². The second-order valence-electron chi connectivity index (χ2n) is 8.35. The fraction of sp³-hybridized carbons (Fsp3) is 0.632. The number of hydrogen-bond donors (Lipinski definition) is 0. The molecule has 0 amide bonds. The number of hydrogen-bond acceptors (Lipinski definition) is 5. The molecule has 6 heteroatoms. The van der Waals surface area contributed by atoms with Crippen molar-refractivity contribution in [1.82, 2.24) is 0 Å². The number of ether oxygens (including phenoxy) is 3. The van der Waals surface area contributed by atoms with Crippen LogP contribution in [-0.2, 0) is 13.9 Å². The lowest BCUT2D eigenvalue weighted by Crippen LogP contribution is -2.48. The van der Waals surface area contributed by atoms with Gasteiger partial charge in [0.25, 0.3) is 0 Å². The summed E-state index contributed by atoms with van der Waals surface area (Å²) in [6, 6.07) is 5.34. The van der Waals surface area contributed by atoms with Crippen molar-refractivity contribution in [3.8, 4) is 5.75 Å². The van der Waals surface area contributed by atoms with Crippen LogP contribution in [0.1, 0.15) is 49.7 Å². The van der Waals surface area contributed by atoms with Gasteiger partial charge in [-0.3, -0.25) is 0 Å². The molecular weight excluding hydrogens is 336 g/mol. The monoisotopic (exact) mass is 366 g/mol. The van der Waals surface area contributed by atoms with Gasteiger partial charge >= 0.3 is 5.97 Å². The highest BCUT2D eigenvalue weighted by Gasteiger charge is 2.51. The minimum atomic E-state index is -2.06. The molecule has 5 nitrogen and oxygen atoms in total. The minimum absolute atomic E-state index is 0.0592. The van der Waals surface area contributed by atoms with Crippen LogP contribution in [0.2, 0.25) is 18.1 Å². The number of carbonyl (C=O) groups is 1. The number of benzene rings is 1. The predicted molar refractivity (Wildman–Crippen MR) is 99.7 cm³/mol. The summed E-state index contributed by atoms with van der Waals surface area (Å²) in [5.41, 5.74) is 0.740. The number of fused-ring (bicyclic) bond motifs is 1. The standard InChI is InChI=1S/C19H30O5Si/c1-18(2,3)25(7,8)24-16-14-11-13(17(20)22-6)9-10-15(14)23-19(16,4)12-21-5/h9-11,16H,12H2,1-8H3. The molecule has 1 aromatic rings. The molecule has 1 aromatic carbocycles. The Morgan fingerprint density at radius 3 is 2.44 bits per heavy atom. The number of rotatable bonds is 5. The molecule has 2 unspecified atom stereocenters. The van der Waals surface area contributed by atoms with Crippen LogP contribution in [0.4, 0.5) is 0 Å². The van der Waals surface area contributed by atoms with E-state index in [2.05, 4.69) is 33.9 Å². The van der Waals surface area contributed by atoms with Gasteiger partial charge < -0.3 is 18.6 Å². The van der Waals surface area contributed by atoms with Gasteiger partial charge in [-0.2, -0.15) is 0 Å². The molecule has 25 heavy (non-hydrogen) atoms. The lowest BCUT2D eigenvalue weighted by atomic mass is 9.95. The summed E-state index contributed by atoms with van der Waals surface area (Å²) >= 11 is 0. The van der Waals surface area contributed by atoms with Gasteiger partial charge in [-0.1, -0.05) is 20.8 Å². The fourth-order valence-corrected chi connectivity index (χ4v) is 4.10. The zero-order chi connectivity index (χ0) is 19.0. The van der Waals surface area contributed by atoms with Gasteiger partial charge in [0.1, 0.15) is 11.9 Å². The van der Waals surface area contributed by atoms with Crippen molar-refractivity contribution in [3.05, 3.63) is 29.3 Å². The van der Waals surface area contributed by atoms with Crippen LogP contribution < -0.4 is 4.74 Å². The van der Waals surface area contributed by atoms with Gasteiger partial charge in [0.05, 0.1) is 19.3 Å². The van der Waals surface area contributed by atoms with Crippen molar-refractivity contribution in [1.29, 1.82) is 0 Å². The maximum absolute atomic E-state index is 11.9. The molecule has 1 aliphatic rings. The molecule has 0 aliphatic carbocycles. The minimum Gasteiger partial charge on any atom is -0.482 e. The zero-order valence-electron chi connectivity index (χ0n) is 16.6. The number of methoxy groups -OCH3 is 2. The quantitative estimate of drug-likeness (QED) is 0.573. The van der Waals surface area contributed by atoms with Crippen LogP contribution in [0.15, 0.2) is 18.2 Å². The molecule has 2 atom stereocenters. The Hall–Kier alpha value is -1.37. The zero-order valence-corrected chi connectivity index (χ0v) is 17.6. The van der Waals surface area contributed by atoms with Gasteiger partial charge in [-0.05, 0) is 43.3 Å². The first-order chi connectivity index (χ1) is 11.4. The SMILES string of the molecule is COCC1(C)Oc2ccc(C(=O)OC)cc2C1O[Si](C)(C)C(C)(C)C. The Morgan fingerprint density at radius 2 is 1.92 bits per heavy atom. The maximum atomic E-state index is 11.9. The molecule has 0 radical (unpaired) electrons. The molecule has 0 bridgehead atoms. The highest BCUT2D eigenvalue weighted by molar-refractivity contribution is 6.74. The van der Waals surface area contributed by atoms with E-state index in [1.54, 1.807) is 13.2 Å². The Morgan fingerprint density at radius 1 is 1.28 bits per heavy atom. The van der Waals surface area contributed by atoms with Crippen LogP contribution in [0.25, 0.3) is 0 Å². The topological polar surface area (TPSA) is 54.0 Å². The Balaban J connectivity index is 2.48. The first-order valence-electron chi connectivity index (χ1n) is 8.53. The third-order valence-corrected chi connectivity index (χ3v) is 9.70. The van der Waals surface area contributed by atoms with E-state index < -0.39 is 13.9 Å². The third kappa shape index (κ3) is 3.76. The van der Waals surface area contributed by atoms with Crippen molar-refractivity contribution in [2.45, 2.75) is 57.5 Å². The highest BCUT2D eigenvalue weighted by Crippen LogP contribution is 2.50. The van der Waals surface area contributed by atoms with Crippen LogP contribution in [0.3, 0.4) is 0 Å². The average molecular weight is 367 g/mol. The molecule has 1 heterocycles. The van der Waals surface area contributed by atoms with Crippen molar-refractivity contribution in [3.63, 3.8) is 0 Å². The summed E-state index contributed by atoms with van der Waals surface area (Å²) in [7, 11) is 0.972. The molecule has 1 aliphatic heterocycles. The molecule has 0 N–H and O–H groups in total. The van der Waals surface area contributed by atoms with Gasteiger partial charge in [0.2, 0.25) is 0 Å². The Labute approximate surface area is 151 Å². The smallest absolute Gasteiger partial charge is 0.337 e. The number of carbonyl (C=O) groups excluding carboxylic acids is 1. The van der Waals surface area contributed by atoms with E-state index in [9.17, 15) is 4.79 Å². The summed E-state index contributed by atoms with van der Waals surface area (Å²) in [6.07, 6.45) is -0.298. The fourth-order valence-electron chi connectivity index (χ4n) is 2.78. The molecule has 0 saturated carbocycles. The Bertz CT molecular complexity index is 650. The molecule has 0 spiro atoms. The molecule has 140 valence electrons. The van der Waals surface area contributed by atoms with E-state index in [4.69, 9.17) is 18.6 Å². The molecule has 0 saturated heterocycles. The molecule has 0 aromatic heterocycles. The lowest BCUT2D eigenvalue weighted by Gasteiger charge is -2.41. The summed E-state index contributed by atoms with van der Waals surface area (Å²) in [5, 5.41) is 0.0592. The van der Waals surface area contributed by atoms with Gasteiger partial charge in [0.15, 0.2) is 13.9 Å². The van der Waals surface area contributed by atoms with E-state index in [1.807, 2.05) is 19.1 Å². The molecule has 0 fully saturated rings. The highest BCUT2D eigenvalue weighted by atomic mass is 28.4. The van der Waals surface area contributed by atoms with Crippen molar-refractivity contribution in [2.24, 2.45) is 0 Å². The van der Waals surface area contributed by atoms with E-state index in [1.165, 1.54) is 7.11 Å². The summed E-state index contributed by atoms with van der Waals surface area (Å²) in [4.78, 5) is 11.9. The molecule has 2 rings (SSSR count). The maximum Gasteiger partial charge on any atom is 0.337 e. The first-order valence-corrected chi connectivity index (χ1v) is 11.4. The lowest BCUT2D eigenvalue weighted by molar-refractivity contribution is -0.0562. The average Bonchev–Trinajstić information content (AvgIpc) is 2.77.